The zero-order valence-corrected chi connectivity index (χ0v) is 16.5. The van der Waals surface area contributed by atoms with Gasteiger partial charge in [-0.25, -0.2) is 0 Å². The van der Waals surface area contributed by atoms with Gasteiger partial charge in [-0.1, -0.05) is 38.3 Å². The van der Waals surface area contributed by atoms with Gasteiger partial charge in [0.1, 0.15) is 5.75 Å². The fourth-order valence-electron chi connectivity index (χ4n) is 3.34. The van der Waals surface area contributed by atoms with Crippen molar-refractivity contribution in [3.05, 3.63) is 35.9 Å². The second-order valence-corrected chi connectivity index (χ2v) is 6.90. The van der Waals surface area contributed by atoms with Gasteiger partial charge in [-0.15, -0.1) is 0 Å². The largest absolute Gasteiger partial charge is 0.494 e. The molecular formula is C22H31NO4. The second-order valence-electron chi connectivity index (χ2n) is 6.90. The summed E-state index contributed by atoms with van der Waals surface area (Å²) >= 11 is 0. The quantitative estimate of drug-likeness (QED) is 0.480. The molecular weight excluding hydrogens is 342 g/mol. The molecule has 1 amide bonds. The number of hydrogen-bond donors (Lipinski definition) is 0. The lowest BCUT2D eigenvalue weighted by molar-refractivity contribution is -0.141. The molecule has 27 heavy (non-hydrogen) atoms. The SMILES string of the molecule is CCCOc1ccc(/C=C/C(=O)N(CCC(=O)OC)C2CCCCC2)cc1. The van der Waals surface area contributed by atoms with Gasteiger partial charge in [-0.3, -0.25) is 9.59 Å². The van der Waals surface area contributed by atoms with Crippen LogP contribution in [0.1, 0.15) is 57.4 Å². The first-order valence-electron chi connectivity index (χ1n) is 9.92. The van der Waals surface area contributed by atoms with Crippen LogP contribution in [0.2, 0.25) is 0 Å². The van der Waals surface area contributed by atoms with E-state index in [1.807, 2.05) is 35.2 Å². The second kappa shape index (κ2) is 11.4. The molecule has 0 aliphatic heterocycles. The first kappa shape index (κ1) is 21.0. The van der Waals surface area contributed by atoms with Crippen LogP contribution in [0.25, 0.3) is 6.08 Å². The monoisotopic (exact) mass is 373 g/mol. The summed E-state index contributed by atoms with van der Waals surface area (Å²) in [5.41, 5.74) is 0.948. The standard InChI is InChI=1S/C22H31NO4/c1-3-17-27-20-12-9-18(10-13-20)11-14-21(24)23(16-15-22(25)26-2)19-7-5-4-6-8-19/h9-14,19H,3-8,15-17H2,1-2H3/b14-11+. The third kappa shape index (κ3) is 7.08. The van der Waals surface area contributed by atoms with Gasteiger partial charge in [0.05, 0.1) is 20.1 Å². The van der Waals surface area contributed by atoms with Crippen molar-refractivity contribution in [3.63, 3.8) is 0 Å². The Morgan fingerprint density at radius 3 is 2.48 bits per heavy atom. The molecule has 0 radical (unpaired) electrons. The molecule has 1 aromatic rings. The van der Waals surface area contributed by atoms with Crippen LogP contribution >= 0.6 is 0 Å². The van der Waals surface area contributed by atoms with Crippen molar-refractivity contribution >= 4 is 18.0 Å². The topological polar surface area (TPSA) is 55.8 Å². The molecule has 0 N–H and O–H groups in total. The minimum absolute atomic E-state index is 0.0443. The highest BCUT2D eigenvalue weighted by molar-refractivity contribution is 5.92. The summed E-state index contributed by atoms with van der Waals surface area (Å²) in [5, 5.41) is 0. The summed E-state index contributed by atoms with van der Waals surface area (Å²) in [6.45, 7) is 3.18. The maximum absolute atomic E-state index is 12.8. The summed E-state index contributed by atoms with van der Waals surface area (Å²) < 4.78 is 10.3. The average molecular weight is 373 g/mol. The minimum Gasteiger partial charge on any atom is -0.494 e. The van der Waals surface area contributed by atoms with Crippen LogP contribution in [0.4, 0.5) is 0 Å². The number of methoxy groups -OCH3 is 1. The lowest BCUT2D eigenvalue weighted by Crippen LogP contribution is -2.41. The van der Waals surface area contributed by atoms with Crippen molar-refractivity contribution in [1.82, 2.24) is 4.90 Å². The van der Waals surface area contributed by atoms with Crippen molar-refractivity contribution in [2.45, 2.75) is 57.9 Å². The molecule has 1 saturated carbocycles. The fraction of sp³-hybridized carbons (Fsp3) is 0.545. The molecule has 0 atom stereocenters. The number of benzene rings is 1. The number of carbonyl (C=O) groups excluding carboxylic acids is 2. The highest BCUT2D eigenvalue weighted by Gasteiger charge is 2.24. The van der Waals surface area contributed by atoms with Gasteiger partial charge in [0.2, 0.25) is 5.91 Å². The zero-order chi connectivity index (χ0) is 19.5. The van der Waals surface area contributed by atoms with Crippen LogP contribution in [0.3, 0.4) is 0 Å². The van der Waals surface area contributed by atoms with Gasteiger partial charge in [0, 0.05) is 18.7 Å². The van der Waals surface area contributed by atoms with Crippen molar-refractivity contribution in [2.24, 2.45) is 0 Å². The Morgan fingerprint density at radius 1 is 1.15 bits per heavy atom. The number of esters is 1. The van der Waals surface area contributed by atoms with Gasteiger partial charge in [-0.2, -0.15) is 0 Å². The first-order chi connectivity index (χ1) is 13.1. The maximum atomic E-state index is 12.8. The maximum Gasteiger partial charge on any atom is 0.307 e. The van der Waals surface area contributed by atoms with E-state index in [0.29, 0.717) is 13.2 Å². The Hall–Kier alpha value is -2.30. The van der Waals surface area contributed by atoms with E-state index >= 15 is 0 Å². The molecule has 1 aliphatic rings. The zero-order valence-electron chi connectivity index (χ0n) is 16.5. The Bertz CT molecular complexity index is 618. The molecule has 5 heteroatoms. The van der Waals surface area contributed by atoms with Gasteiger partial charge in [0.15, 0.2) is 0 Å². The van der Waals surface area contributed by atoms with E-state index in [0.717, 1.165) is 43.4 Å². The van der Waals surface area contributed by atoms with E-state index in [1.165, 1.54) is 13.5 Å². The molecule has 148 valence electrons. The molecule has 5 nitrogen and oxygen atoms in total. The molecule has 0 bridgehead atoms. The van der Waals surface area contributed by atoms with Gasteiger partial charge < -0.3 is 14.4 Å². The van der Waals surface area contributed by atoms with Gasteiger partial charge in [-0.05, 0) is 43.0 Å². The van der Waals surface area contributed by atoms with Crippen LogP contribution in [-0.4, -0.2) is 43.1 Å². The van der Waals surface area contributed by atoms with E-state index in [1.54, 1.807) is 6.08 Å². The summed E-state index contributed by atoms with van der Waals surface area (Å²) in [5.74, 6) is 0.509. The van der Waals surface area contributed by atoms with Crippen molar-refractivity contribution in [2.75, 3.05) is 20.3 Å². The Morgan fingerprint density at radius 2 is 1.85 bits per heavy atom. The molecule has 1 fully saturated rings. The van der Waals surface area contributed by atoms with Crippen LogP contribution in [0, 0.1) is 0 Å². The third-order valence-electron chi connectivity index (χ3n) is 4.85. The molecule has 2 rings (SSSR count). The lowest BCUT2D eigenvalue weighted by atomic mass is 9.94. The predicted octanol–water partition coefficient (Wildman–Crippen LogP) is 4.21. The normalized spacial score (nSPS) is 14.9. The van der Waals surface area contributed by atoms with Gasteiger partial charge in [0.25, 0.3) is 0 Å². The van der Waals surface area contributed by atoms with E-state index in [2.05, 4.69) is 6.92 Å². The highest BCUT2D eigenvalue weighted by atomic mass is 16.5. The third-order valence-corrected chi connectivity index (χ3v) is 4.85. The minimum atomic E-state index is -0.282. The molecule has 0 heterocycles. The number of carbonyl (C=O) groups is 2. The summed E-state index contributed by atoms with van der Waals surface area (Å²) in [7, 11) is 1.38. The molecule has 0 spiro atoms. The van der Waals surface area contributed by atoms with Crippen molar-refractivity contribution in [1.29, 1.82) is 0 Å². The number of amides is 1. The highest BCUT2D eigenvalue weighted by Crippen LogP contribution is 2.23. The number of ether oxygens (including phenoxy) is 2. The number of nitrogens with zero attached hydrogens (tertiary/aromatic N) is 1. The number of rotatable bonds is 9. The van der Waals surface area contributed by atoms with E-state index in [-0.39, 0.29) is 24.3 Å². The smallest absolute Gasteiger partial charge is 0.307 e. The van der Waals surface area contributed by atoms with E-state index in [9.17, 15) is 9.59 Å². The molecule has 0 unspecified atom stereocenters. The lowest BCUT2D eigenvalue weighted by Gasteiger charge is -2.33. The predicted molar refractivity (Wildman–Crippen MR) is 106 cm³/mol. The first-order valence-corrected chi connectivity index (χ1v) is 9.92. The number of hydrogen-bond acceptors (Lipinski definition) is 4. The van der Waals surface area contributed by atoms with E-state index < -0.39 is 0 Å². The molecule has 0 saturated heterocycles. The van der Waals surface area contributed by atoms with Crippen molar-refractivity contribution < 1.29 is 19.1 Å². The Kier molecular flexibility index (Phi) is 8.89. The Labute approximate surface area is 162 Å². The summed E-state index contributed by atoms with van der Waals surface area (Å²) in [6, 6.07) is 7.92. The van der Waals surface area contributed by atoms with Crippen molar-refractivity contribution in [3.8, 4) is 5.75 Å². The van der Waals surface area contributed by atoms with Crippen LogP contribution in [-0.2, 0) is 14.3 Å². The fourth-order valence-corrected chi connectivity index (χ4v) is 3.34. The van der Waals surface area contributed by atoms with E-state index in [4.69, 9.17) is 9.47 Å². The van der Waals surface area contributed by atoms with Crippen LogP contribution < -0.4 is 4.74 Å². The van der Waals surface area contributed by atoms with Crippen LogP contribution in [0.15, 0.2) is 30.3 Å². The molecule has 0 aromatic heterocycles. The molecule has 1 aromatic carbocycles. The summed E-state index contributed by atoms with van der Waals surface area (Å²) in [4.78, 5) is 26.1. The summed E-state index contributed by atoms with van der Waals surface area (Å²) in [6.07, 6.45) is 10.1. The average Bonchev–Trinajstić information content (AvgIpc) is 2.72. The van der Waals surface area contributed by atoms with Gasteiger partial charge >= 0.3 is 5.97 Å². The Balaban J connectivity index is 2.00. The van der Waals surface area contributed by atoms with Crippen LogP contribution in [0.5, 0.6) is 5.75 Å². The molecule has 1 aliphatic carbocycles.